The second-order valence-corrected chi connectivity index (χ2v) is 9.31. The van der Waals surface area contributed by atoms with Crippen molar-refractivity contribution in [3.05, 3.63) is 34.9 Å². The van der Waals surface area contributed by atoms with Crippen LogP contribution < -0.4 is 4.90 Å². The minimum Gasteiger partial charge on any atom is -0.372 e. The smallest absolute Gasteiger partial charge is 0.282 e. The molecule has 5 heterocycles. The number of halogens is 3. The minimum atomic E-state index is -2.73. The molecule has 0 amide bonds. The summed E-state index contributed by atoms with van der Waals surface area (Å²) in [5.74, 6) is -0.358. The van der Waals surface area contributed by atoms with Crippen LogP contribution in [-0.4, -0.2) is 58.8 Å². The molecule has 1 fully saturated rings. The van der Waals surface area contributed by atoms with Crippen molar-refractivity contribution in [1.82, 2.24) is 14.9 Å². The Labute approximate surface area is 193 Å². The van der Waals surface area contributed by atoms with Crippen LogP contribution in [0.25, 0.3) is 16.8 Å². The Balaban J connectivity index is 1.56. The normalized spacial score (nSPS) is 25.4. The van der Waals surface area contributed by atoms with Crippen LogP contribution in [0.2, 0.25) is 0 Å². The first-order valence-corrected chi connectivity index (χ1v) is 11.2. The lowest BCUT2D eigenvalue weighted by Crippen LogP contribution is -2.65. The Kier molecular flexibility index (Phi) is 4.64. The molecule has 0 unspecified atom stereocenters. The number of hydrogen-bond acceptors (Lipinski definition) is 7. The van der Waals surface area contributed by atoms with Crippen LogP contribution in [0.5, 0.6) is 0 Å². The molecule has 3 atom stereocenters. The highest BCUT2D eigenvalue weighted by Crippen LogP contribution is 2.47. The standard InChI is InChI=1S/C23H23F3N6O2/c1-11-4-16(21(25)26)29-32(11)22-15-5-14-6-23(8-27-10-28-9-23)20-13(3)33-12(2)7-31(20)18(14)17(24)19(15)34-30-22/h4-5,8-9,12-13,20-21H,6-7,10H2,1-3H3/t12-,13+,20-/m1/s1. The molecule has 1 saturated heterocycles. The molecule has 0 saturated carbocycles. The Morgan fingerprint density at radius 2 is 1.94 bits per heavy atom. The zero-order valence-corrected chi connectivity index (χ0v) is 18.9. The molecule has 6 rings (SSSR count). The third-order valence-corrected chi connectivity index (χ3v) is 6.91. The van der Waals surface area contributed by atoms with Crippen LogP contribution in [0.3, 0.4) is 0 Å². The lowest BCUT2D eigenvalue weighted by molar-refractivity contribution is -0.0432. The summed E-state index contributed by atoms with van der Waals surface area (Å²) in [4.78, 5) is 10.9. The molecule has 178 valence electrons. The summed E-state index contributed by atoms with van der Waals surface area (Å²) in [6.45, 7) is 6.44. The molecular weight excluding hydrogens is 449 g/mol. The van der Waals surface area contributed by atoms with Crippen molar-refractivity contribution >= 4 is 29.1 Å². The Morgan fingerprint density at radius 1 is 1.18 bits per heavy atom. The van der Waals surface area contributed by atoms with Crippen molar-refractivity contribution in [3.8, 4) is 5.82 Å². The van der Waals surface area contributed by atoms with E-state index < -0.39 is 17.7 Å². The number of aromatic nitrogens is 3. The van der Waals surface area contributed by atoms with Crippen molar-refractivity contribution in [3.63, 3.8) is 0 Å². The third kappa shape index (κ3) is 2.95. The average Bonchev–Trinajstić information content (AvgIpc) is 3.37. The molecule has 2 aromatic heterocycles. The maximum absolute atomic E-state index is 16.1. The zero-order chi connectivity index (χ0) is 23.8. The SMILES string of the molecule is Cc1cc(C(F)F)nn1-c1noc2c(F)c3c(cc12)CC1(C=NCN=C1)[C@H]1[C@H](C)O[C@H](C)CN31. The molecule has 0 radical (unpaired) electrons. The van der Waals surface area contributed by atoms with E-state index in [4.69, 9.17) is 9.26 Å². The van der Waals surface area contributed by atoms with E-state index >= 15 is 4.39 Å². The van der Waals surface area contributed by atoms with Crippen LogP contribution >= 0.6 is 0 Å². The molecule has 0 bridgehead atoms. The van der Waals surface area contributed by atoms with Gasteiger partial charge in [-0.1, -0.05) is 5.16 Å². The number of morpholine rings is 1. The van der Waals surface area contributed by atoms with E-state index in [1.54, 1.807) is 6.92 Å². The molecule has 3 aromatic rings. The Bertz CT molecular complexity index is 1330. The molecule has 34 heavy (non-hydrogen) atoms. The predicted octanol–water partition coefficient (Wildman–Crippen LogP) is 4.04. The van der Waals surface area contributed by atoms with E-state index in [0.29, 0.717) is 36.4 Å². The highest BCUT2D eigenvalue weighted by molar-refractivity contribution is 5.96. The van der Waals surface area contributed by atoms with Gasteiger partial charge in [0.15, 0.2) is 5.82 Å². The van der Waals surface area contributed by atoms with Crippen molar-refractivity contribution < 1.29 is 22.4 Å². The van der Waals surface area contributed by atoms with Gasteiger partial charge in [0.1, 0.15) is 12.4 Å². The highest BCUT2D eigenvalue weighted by Gasteiger charge is 2.52. The first kappa shape index (κ1) is 21.3. The van der Waals surface area contributed by atoms with Gasteiger partial charge in [-0.25, -0.2) is 17.9 Å². The maximum atomic E-state index is 16.1. The number of benzene rings is 1. The topological polar surface area (TPSA) is 81.0 Å². The fourth-order valence-corrected chi connectivity index (χ4v) is 5.75. The van der Waals surface area contributed by atoms with Gasteiger partial charge in [0, 0.05) is 24.7 Å². The van der Waals surface area contributed by atoms with Gasteiger partial charge in [-0.05, 0) is 44.9 Å². The van der Waals surface area contributed by atoms with E-state index in [-0.39, 0.29) is 35.3 Å². The van der Waals surface area contributed by atoms with Gasteiger partial charge >= 0.3 is 0 Å². The third-order valence-electron chi connectivity index (χ3n) is 6.91. The Morgan fingerprint density at radius 3 is 2.65 bits per heavy atom. The van der Waals surface area contributed by atoms with E-state index in [1.165, 1.54) is 10.7 Å². The van der Waals surface area contributed by atoms with E-state index in [0.717, 1.165) is 5.56 Å². The summed E-state index contributed by atoms with van der Waals surface area (Å²) in [6, 6.07) is 2.91. The average molecular weight is 472 g/mol. The molecule has 0 aliphatic carbocycles. The molecule has 0 N–H and O–H groups in total. The largest absolute Gasteiger partial charge is 0.372 e. The summed E-state index contributed by atoms with van der Waals surface area (Å²) in [6.07, 6.45) is 1.24. The van der Waals surface area contributed by atoms with Gasteiger partial charge in [0.25, 0.3) is 6.43 Å². The number of ether oxygens (including phenoxy) is 1. The van der Waals surface area contributed by atoms with E-state index in [2.05, 4.69) is 20.2 Å². The zero-order valence-electron chi connectivity index (χ0n) is 18.9. The fourth-order valence-electron chi connectivity index (χ4n) is 5.75. The Hall–Kier alpha value is -3.21. The summed E-state index contributed by atoms with van der Waals surface area (Å²) >= 11 is 0. The van der Waals surface area contributed by atoms with Gasteiger partial charge in [-0.3, -0.25) is 9.98 Å². The number of fused-ring (bicyclic) bond motifs is 5. The fraction of sp³-hybridized carbons (Fsp3) is 0.478. The lowest BCUT2D eigenvalue weighted by atomic mass is 9.69. The van der Waals surface area contributed by atoms with Gasteiger partial charge in [0.2, 0.25) is 11.4 Å². The van der Waals surface area contributed by atoms with Gasteiger partial charge < -0.3 is 14.2 Å². The summed E-state index contributed by atoms with van der Waals surface area (Å²) in [7, 11) is 0. The number of anilines is 1. The molecule has 11 heteroatoms. The minimum absolute atomic E-state index is 0.0327. The molecule has 8 nitrogen and oxygen atoms in total. The summed E-state index contributed by atoms with van der Waals surface area (Å²) in [5.41, 5.74) is 0.667. The maximum Gasteiger partial charge on any atom is 0.282 e. The van der Waals surface area contributed by atoms with Gasteiger partial charge in [0.05, 0.1) is 34.7 Å². The molecular formula is C23H23F3N6O2. The van der Waals surface area contributed by atoms with Crippen LogP contribution in [0, 0.1) is 18.2 Å². The first-order valence-electron chi connectivity index (χ1n) is 11.2. The van der Waals surface area contributed by atoms with Gasteiger partial charge in [-0.2, -0.15) is 5.10 Å². The van der Waals surface area contributed by atoms with E-state index in [9.17, 15) is 8.78 Å². The number of hydrogen-bond donors (Lipinski definition) is 0. The second-order valence-electron chi connectivity index (χ2n) is 9.31. The quantitative estimate of drug-likeness (QED) is 0.563. The van der Waals surface area contributed by atoms with Crippen molar-refractivity contribution in [1.29, 1.82) is 0 Å². The molecule has 1 aromatic carbocycles. The van der Waals surface area contributed by atoms with Crippen molar-refractivity contribution in [2.45, 2.75) is 51.9 Å². The molecule has 3 aliphatic heterocycles. The monoisotopic (exact) mass is 472 g/mol. The van der Waals surface area contributed by atoms with Crippen LogP contribution in [0.15, 0.2) is 26.6 Å². The van der Waals surface area contributed by atoms with Crippen molar-refractivity contribution in [2.75, 3.05) is 18.1 Å². The van der Waals surface area contributed by atoms with Gasteiger partial charge in [-0.15, -0.1) is 0 Å². The number of aliphatic imine (C=N–C) groups is 2. The number of rotatable bonds is 2. The highest BCUT2D eigenvalue weighted by atomic mass is 19.3. The van der Waals surface area contributed by atoms with Crippen molar-refractivity contribution in [2.24, 2.45) is 15.4 Å². The first-order chi connectivity index (χ1) is 16.3. The van der Waals surface area contributed by atoms with Crippen LogP contribution in [0.4, 0.5) is 18.9 Å². The second kappa shape index (κ2) is 7.39. The molecule has 1 spiro atoms. The number of aryl methyl sites for hydroxylation is 1. The number of nitrogens with zero attached hydrogens (tertiary/aromatic N) is 6. The summed E-state index contributed by atoms with van der Waals surface area (Å²) < 4.78 is 55.3. The predicted molar refractivity (Wildman–Crippen MR) is 120 cm³/mol. The summed E-state index contributed by atoms with van der Waals surface area (Å²) in [5, 5.41) is 8.35. The van der Waals surface area contributed by atoms with Crippen LogP contribution in [-0.2, 0) is 11.2 Å². The van der Waals surface area contributed by atoms with E-state index in [1.807, 2.05) is 37.2 Å². The van der Waals surface area contributed by atoms with Crippen LogP contribution in [0.1, 0.15) is 37.2 Å². The lowest BCUT2D eigenvalue weighted by Gasteiger charge is -2.54. The number of alkyl halides is 2. The molecule has 3 aliphatic rings.